The fraction of sp³-hybridized carbons (Fsp3) is 0.600. The minimum Gasteiger partial charge on any atom is -0.491 e. The van der Waals surface area contributed by atoms with Gasteiger partial charge < -0.3 is 15.4 Å². The van der Waals surface area contributed by atoms with Crippen LogP contribution in [0.15, 0.2) is 24.3 Å². The van der Waals surface area contributed by atoms with Gasteiger partial charge >= 0.3 is 0 Å². The van der Waals surface area contributed by atoms with E-state index < -0.39 is 0 Å². The molecule has 0 aromatic heterocycles. The summed E-state index contributed by atoms with van der Waals surface area (Å²) < 4.78 is 5.63. The van der Waals surface area contributed by atoms with Crippen molar-refractivity contribution in [2.75, 3.05) is 18.5 Å². The fourth-order valence-electron chi connectivity index (χ4n) is 1.83. The minimum atomic E-state index is 0.222. The number of nitrogens with zero attached hydrogens (tertiary/aromatic N) is 1. The third-order valence-corrected chi connectivity index (χ3v) is 2.80. The molecule has 3 heteroatoms. The molecule has 0 aliphatic rings. The molecular formula is C15H26N2O. The first kappa shape index (κ1) is 14.8. The van der Waals surface area contributed by atoms with Crippen LogP contribution < -0.4 is 15.4 Å². The predicted octanol–water partition coefficient (Wildman–Crippen LogP) is 3.04. The Hall–Kier alpha value is -1.22. The van der Waals surface area contributed by atoms with Crippen LogP contribution in [0.25, 0.3) is 0 Å². The molecule has 0 aliphatic heterocycles. The lowest BCUT2D eigenvalue weighted by Crippen LogP contribution is -2.22. The topological polar surface area (TPSA) is 38.5 Å². The second-order valence-electron chi connectivity index (χ2n) is 5.20. The van der Waals surface area contributed by atoms with Crippen molar-refractivity contribution in [1.82, 2.24) is 0 Å². The molecule has 18 heavy (non-hydrogen) atoms. The van der Waals surface area contributed by atoms with Crippen LogP contribution in [0.1, 0.15) is 33.6 Å². The van der Waals surface area contributed by atoms with Crippen molar-refractivity contribution in [3.8, 4) is 5.75 Å². The Kier molecular flexibility index (Phi) is 5.99. The van der Waals surface area contributed by atoms with Crippen LogP contribution in [0.3, 0.4) is 0 Å². The summed E-state index contributed by atoms with van der Waals surface area (Å²) in [6, 6.07) is 8.54. The van der Waals surface area contributed by atoms with Crippen LogP contribution >= 0.6 is 0 Å². The van der Waals surface area contributed by atoms with E-state index in [0.717, 1.165) is 25.1 Å². The smallest absolute Gasteiger partial charge is 0.119 e. The molecule has 1 unspecified atom stereocenters. The molecule has 0 aliphatic carbocycles. The molecule has 0 heterocycles. The lowest BCUT2D eigenvalue weighted by molar-refractivity contribution is 0.242. The van der Waals surface area contributed by atoms with Crippen LogP contribution in [-0.2, 0) is 0 Å². The van der Waals surface area contributed by atoms with Crippen molar-refractivity contribution in [2.45, 2.75) is 45.8 Å². The van der Waals surface area contributed by atoms with Crippen LogP contribution in [-0.4, -0.2) is 25.7 Å². The number of ether oxygens (including phenoxy) is 1. The van der Waals surface area contributed by atoms with Gasteiger partial charge in [0.15, 0.2) is 0 Å². The summed E-state index contributed by atoms with van der Waals surface area (Å²) in [6.07, 6.45) is 2.41. The molecule has 0 saturated carbocycles. The molecule has 2 N–H and O–H groups in total. The molecule has 0 saturated heterocycles. The van der Waals surface area contributed by atoms with E-state index >= 15 is 0 Å². The highest BCUT2D eigenvalue weighted by Crippen LogP contribution is 2.19. The third-order valence-electron chi connectivity index (χ3n) is 2.80. The average Bonchev–Trinajstić information content (AvgIpc) is 2.28. The fourth-order valence-corrected chi connectivity index (χ4v) is 1.83. The van der Waals surface area contributed by atoms with E-state index in [-0.39, 0.29) is 6.10 Å². The van der Waals surface area contributed by atoms with E-state index in [4.69, 9.17) is 10.5 Å². The molecule has 1 rings (SSSR count). The molecule has 0 bridgehead atoms. The van der Waals surface area contributed by atoms with Crippen molar-refractivity contribution in [2.24, 2.45) is 5.73 Å². The van der Waals surface area contributed by atoms with Crippen molar-refractivity contribution >= 4 is 5.69 Å². The van der Waals surface area contributed by atoms with E-state index in [2.05, 4.69) is 31.0 Å². The highest BCUT2D eigenvalue weighted by molar-refractivity contribution is 5.48. The van der Waals surface area contributed by atoms with Gasteiger partial charge in [-0.25, -0.2) is 0 Å². The van der Waals surface area contributed by atoms with Gasteiger partial charge in [-0.05, 0) is 57.9 Å². The van der Waals surface area contributed by atoms with E-state index in [1.165, 1.54) is 5.69 Å². The Balaban J connectivity index is 2.46. The quantitative estimate of drug-likeness (QED) is 0.808. The Morgan fingerprint density at radius 2 is 1.78 bits per heavy atom. The highest BCUT2D eigenvalue weighted by Gasteiger charge is 2.03. The lowest BCUT2D eigenvalue weighted by Gasteiger charge is -2.20. The summed E-state index contributed by atoms with van der Waals surface area (Å²) >= 11 is 0. The molecule has 1 aromatic rings. The van der Waals surface area contributed by atoms with Gasteiger partial charge in [-0.15, -0.1) is 0 Å². The predicted molar refractivity (Wildman–Crippen MR) is 78.4 cm³/mol. The zero-order chi connectivity index (χ0) is 13.5. The van der Waals surface area contributed by atoms with Gasteiger partial charge in [0, 0.05) is 25.3 Å². The van der Waals surface area contributed by atoms with Crippen molar-refractivity contribution in [3.63, 3.8) is 0 Å². The molecule has 0 amide bonds. The van der Waals surface area contributed by atoms with E-state index in [1.807, 2.05) is 26.0 Å². The Morgan fingerprint density at radius 1 is 1.17 bits per heavy atom. The summed E-state index contributed by atoms with van der Waals surface area (Å²) in [4.78, 5) is 2.25. The van der Waals surface area contributed by atoms with Gasteiger partial charge in [-0.2, -0.15) is 0 Å². The maximum atomic E-state index is 5.75. The first-order chi connectivity index (χ1) is 8.49. The maximum absolute atomic E-state index is 5.75. The molecule has 3 nitrogen and oxygen atoms in total. The van der Waals surface area contributed by atoms with Gasteiger partial charge in [-0.1, -0.05) is 0 Å². The number of hydrogen-bond donors (Lipinski definition) is 1. The second-order valence-corrected chi connectivity index (χ2v) is 5.20. The Bertz CT molecular complexity index is 333. The second kappa shape index (κ2) is 7.27. The summed E-state index contributed by atoms with van der Waals surface area (Å²) in [6.45, 7) is 7.16. The zero-order valence-electron chi connectivity index (χ0n) is 12.0. The van der Waals surface area contributed by atoms with Gasteiger partial charge in [0.1, 0.15) is 5.75 Å². The first-order valence-corrected chi connectivity index (χ1v) is 6.72. The average molecular weight is 250 g/mol. The zero-order valence-corrected chi connectivity index (χ0v) is 12.0. The Morgan fingerprint density at radius 3 is 2.28 bits per heavy atom. The lowest BCUT2D eigenvalue weighted by atomic mass is 10.2. The maximum Gasteiger partial charge on any atom is 0.119 e. The van der Waals surface area contributed by atoms with Crippen LogP contribution in [0.4, 0.5) is 5.69 Å². The Labute approximate surface area is 111 Å². The molecule has 102 valence electrons. The van der Waals surface area contributed by atoms with E-state index in [0.29, 0.717) is 6.04 Å². The molecule has 0 fully saturated rings. The highest BCUT2D eigenvalue weighted by atomic mass is 16.5. The van der Waals surface area contributed by atoms with E-state index in [9.17, 15) is 0 Å². The van der Waals surface area contributed by atoms with Crippen molar-refractivity contribution < 1.29 is 4.74 Å². The summed E-state index contributed by atoms with van der Waals surface area (Å²) in [5.41, 5.74) is 6.97. The number of rotatable bonds is 7. The standard InChI is InChI=1S/C15H26N2O/c1-12(2)18-15-9-7-14(8-10-15)17(4)11-5-6-13(3)16/h7-10,12-13H,5-6,11,16H2,1-4H3. The minimum absolute atomic E-state index is 0.222. The van der Waals surface area contributed by atoms with Crippen LogP contribution in [0.5, 0.6) is 5.75 Å². The SMILES string of the molecule is CC(N)CCCN(C)c1ccc(OC(C)C)cc1. The van der Waals surface area contributed by atoms with Gasteiger partial charge in [0.25, 0.3) is 0 Å². The normalized spacial score (nSPS) is 12.6. The summed E-state index contributed by atoms with van der Waals surface area (Å²) in [5.74, 6) is 0.928. The van der Waals surface area contributed by atoms with Crippen LogP contribution in [0.2, 0.25) is 0 Å². The molecular weight excluding hydrogens is 224 g/mol. The number of hydrogen-bond acceptors (Lipinski definition) is 3. The van der Waals surface area contributed by atoms with Crippen LogP contribution in [0, 0.1) is 0 Å². The molecule has 1 aromatic carbocycles. The molecule has 1 atom stereocenters. The van der Waals surface area contributed by atoms with Crippen molar-refractivity contribution in [3.05, 3.63) is 24.3 Å². The molecule has 0 radical (unpaired) electrons. The third kappa shape index (κ3) is 5.41. The van der Waals surface area contributed by atoms with E-state index in [1.54, 1.807) is 0 Å². The number of nitrogens with two attached hydrogens (primary N) is 1. The monoisotopic (exact) mass is 250 g/mol. The van der Waals surface area contributed by atoms with Gasteiger partial charge in [0.2, 0.25) is 0 Å². The molecule has 0 spiro atoms. The van der Waals surface area contributed by atoms with Gasteiger partial charge in [-0.3, -0.25) is 0 Å². The van der Waals surface area contributed by atoms with Crippen molar-refractivity contribution in [1.29, 1.82) is 0 Å². The largest absolute Gasteiger partial charge is 0.491 e. The number of benzene rings is 1. The summed E-state index contributed by atoms with van der Waals surface area (Å²) in [7, 11) is 2.11. The first-order valence-electron chi connectivity index (χ1n) is 6.72. The summed E-state index contributed by atoms with van der Waals surface area (Å²) in [5, 5.41) is 0. The van der Waals surface area contributed by atoms with Gasteiger partial charge in [0.05, 0.1) is 6.10 Å². The number of anilines is 1.